The Hall–Kier alpha value is -2.55. The maximum Gasteiger partial charge on any atom is 0.265 e. The number of primary amides is 1. The SMILES string of the molecule is NC(=O)c1cc(-c2csc(NC(=O)COc3cc(Cl)ccc3Cl)n2)c[nH]1. The van der Waals surface area contributed by atoms with Gasteiger partial charge in [-0.2, -0.15) is 0 Å². The van der Waals surface area contributed by atoms with Crippen LogP contribution >= 0.6 is 34.5 Å². The molecule has 0 fully saturated rings. The second-order valence-corrected chi connectivity index (χ2v) is 6.82. The van der Waals surface area contributed by atoms with E-state index in [9.17, 15) is 9.59 Å². The number of hydrogen-bond acceptors (Lipinski definition) is 5. The van der Waals surface area contributed by atoms with E-state index in [-0.39, 0.29) is 12.3 Å². The van der Waals surface area contributed by atoms with Gasteiger partial charge >= 0.3 is 0 Å². The van der Waals surface area contributed by atoms with Gasteiger partial charge in [-0.05, 0) is 18.2 Å². The van der Waals surface area contributed by atoms with Crippen LogP contribution in [0.1, 0.15) is 10.5 Å². The summed E-state index contributed by atoms with van der Waals surface area (Å²) in [7, 11) is 0. The normalized spacial score (nSPS) is 10.5. The van der Waals surface area contributed by atoms with Crippen molar-refractivity contribution in [2.24, 2.45) is 5.73 Å². The number of nitrogens with one attached hydrogen (secondary N) is 2. The predicted molar refractivity (Wildman–Crippen MR) is 101 cm³/mol. The third-order valence-corrected chi connectivity index (χ3v) is 4.55. The maximum atomic E-state index is 12.0. The molecule has 0 aliphatic rings. The minimum Gasteiger partial charge on any atom is -0.482 e. The van der Waals surface area contributed by atoms with Gasteiger partial charge in [-0.3, -0.25) is 14.9 Å². The van der Waals surface area contributed by atoms with Crippen molar-refractivity contribution in [1.82, 2.24) is 9.97 Å². The van der Waals surface area contributed by atoms with Crippen LogP contribution in [-0.2, 0) is 4.79 Å². The zero-order valence-electron chi connectivity index (χ0n) is 13.1. The number of benzene rings is 1. The standard InChI is InChI=1S/C16H12Cl2N4O3S/c17-9-1-2-10(18)13(4-9)25-6-14(23)22-16-21-12(7-26-16)8-3-11(15(19)24)20-5-8/h1-5,7,20H,6H2,(H2,19,24)(H,21,22,23). The van der Waals surface area contributed by atoms with Gasteiger partial charge in [0.1, 0.15) is 11.4 Å². The Bertz CT molecular complexity index is 970. The Kier molecular flexibility index (Phi) is 5.46. The van der Waals surface area contributed by atoms with Gasteiger partial charge in [0.2, 0.25) is 0 Å². The van der Waals surface area contributed by atoms with Crippen LogP contribution in [0.4, 0.5) is 5.13 Å². The number of anilines is 1. The Labute approximate surface area is 162 Å². The third kappa shape index (κ3) is 4.34. The topological polar surface area (TPSA) is 110 Å². The van der Waals surface area contributed by atoms with Crippen LogP contribution in [0, 0.1) is 0 Å². The molecule has 0 spiro atoms. The molecule has 0 saturated heterocycles. The highest BCUT2D eigenvalue weighted by molar-refractivity contribution is 7.14. The van der Waals surface area contributed by atoms with Gasteiger partial charge in [-0.25, -0.2) is 4.98 Å². The molecule has 7 nitrogen and oxygen atoms in total. The first-order valence-corrected chi connectivity index (χ1v) is 8.88. The van der Waals surface area contributed by atoms with Gasteiger partial charge in [0.05, 0.1) is 10.7 Å². The largest absolute Gasteiger partial charge is 0.482 e. The second kappa shape index (κ2) is 7.77. The summed E-state index contributed by atoms with van der Waals surface area (Å²) in [6.45, 7) is -0.245. The van der Waals surface area contributed by atoms with E-state index in [2.05, 4.69) is 15.3 Å². The summed E-state index contributed by atoms with van der Waals surface area (Å²) >= 11 is 13.1. The van der Waals surface area contributed by atoms with Gasteiger partial charge in [0.15, 0.2) is 11.7 Å². The van der Waals surface area contributed by atoms with Crippen molar-refractivity contribution in [2.45, 2.75) is 0 Å². The van der Waals surface area contributed by atoms with Crippen LogP contribution < -0.4 is 15.8 Å². The molecule has 0 aliphatic carbocycles. The average molecular weight is 411 g/mol. The fourth-order valence-electron chi connectivity index (χ4n) is 2.03. The lowest BCUT2D eigenvalue weighted by molar-refractivity contribution is -0.118. The summed E-state index contributed by atoms with van der Waals surface area (Å²) in [6.07, 6.45) is 1.62. The molecule has 0 atom stereocenters. The molecular formula is C16H12Cl2N4O3S. The number of aromatic amines is 1. The number of carbonyl (C=O) groups excluding carboxylic acids is 2. The summed E-state index contributed by atoms with van der Waals surface area (Å²) in [5, 5.41) is 5.59. The molecule has 2 heterocycles. The van der Waals surface area contributed by atoms with E-state index in [0.29, 0.717) is 32.2 Å². The van der Waals surface area contributed by atoms with Gasteiger partial charge < -0.3 is 15.5 Å². The number of hydrogen-bond donors (Lipinski definition) is 3. The molecule has 1 aromatic carbocycles. The molecule has 3 aromatic rings. The third-order valence-electron chi connectivity index (χ3n) is 3.25. The molecule has 26 heavy (non-hydrogen) atoms. The fourth-order valence-corrected chi connectivity index (χ4v) is 3.10. The predicted octanol–water partition coefficient (Wildman–Crippen LogP) is 3.56. The summed E-state index contributed by atoms with van der Waals surface area (Å²) in [5.41, 5.74) is 6.78. The zero-order chi connectivity index (χ0) is 18.7. The smallest absolute Gasteiger partial charge is 0.265 e. The van der Waals surface area contributed by atoms with E-state index in [4.69, 9.17) is 33.7 Å². The van der Waals surface area contributed by atoms with E-state index in [1.54, 1.807) is 29.8 Å². The van der Waals surface area contributed by atoms with E-state index >= 15 is 0 Å². The number of thiazole rings is 1. The molecule has 0 saturated carbocycles. The highest BCUT2D eigenvalue weighted by Gasteiger charge is 2.12. The summed E-state index contributed by atoms with van der Waals surface area (Å²) in [4.78, 5) is 30.2. The van der Waals surface area contributed by atoms with Gasteiger partial charge in [0.25, 0.3) is 11.8 Å². The Balaban J connectivity index is 1.60. The van der Waals surface area contributed by atoms with Crippen LogP contribution in [0.5, 0.6) is 5.75 Å². The zero-order valence-corrected chi connectivity index (χ0v) is 15.4. The van der Waals surface area contributed by atoms with Crippen molar-refractivity contribution < 1.29 is 14.3 Å². The summed E-state index contributed by atoms with van der Waals surface area (Å²) in [5.74, 6) is -0.633. The van der Waals surface area contributed by atoms with Crippen molar-refractivity contribution in [1.29, 1.82) is 0 Å². The second-order valence-electron chi connectivity index (χ2n) is 5.12. The summed E-state index contributed by atoms with van der Waals surface area (Å²) < 4.78 is 5.36. The maximum absolute atomic E-state index is 12.0. The van der Waals surface area contributed by atoms with E-state index in [0.717, 1.165) is 0 Å². The molecule has 3 rings (SSSR count). The highest BCUT2D eigenvalue weighted by atomic mass is 35.5. The Morgan fingerprint density at radius 3 is 2.85 bits per heavy atom. The number of amides is 2. The first-order valence-electron chi connectivity index (χ1n) is 7.24. The molecule has 2 amide bonds. The molecule has 0 aliphatic heterocycles. The van der Waals surface area contributed by atoms with Crippen LogP contribution in [0.2, 0.25) is 10.0 Å². The van der Waals surface area contributed by atoms with Crippen molar-refractivity contribution >= 4 is 51.5 Å². The van der Waals surface area contributed by atoms with E-state index in [1.807, 2.05) is 0 Å². The Morgan fingerprint density at radius 2 is 2.12 bits per heavy atom. The number of nitrogens with zero attached hydrogens (tertiary/aromatic N) is 1. The molecule has 4 N–H and O–H groups in total. The monoisotopic (exact) mass is 410 g/mol. The van der Waals surface area contributed by atoms with Crippen molar-refractivity contribution in [3.8, 4) is 17.0 Å². The number of ether oxygens (including phenoxy) is 1. The lowest BCUT2D eigenvalue weighted by Crippen LogP contribution is -2.20. The van der Waals surface area contributed by atoms with E-state index in [1.165, 1.54) is 17.4 Å². The Morgan fingerprint density at radius 1 is 1.31 bits per heavy atom. The minimum atomic E-state index is -0.558. The molecule has 0 radical (unpaired) electrons. The van der Waals surface area contributed by atoms with E-state index < -0.39 is 11.8 Å². The molecular weight excluding hydrogens is 399 g/mol. The fraction of sp³-hybridized carbons (Fsp3) is 0.0625. The average Bonchev–Trinajstić information content (AvgIpc) is 3.24. The number of rotatable bonds is 6. The van der Waals surface area contributed by atoms with Crippen molar-refractivity contribution in [3.63, 3.8) is 0 Å². The number of carbonyl (C=O) groups is 2. The minimum absolute atomic E-state index is 0.245. The molecule has 10 heteroatoms. The van der Waals surface area contributed by atoms with Crippen molar-refractivity contribution in [3.05, 3.63) is 51.6 Å². The number of nitrogens with two attached hydrogens (primary N) is 1. The van der Waals surface area contributed by atoms with Crippen LogP contribution in [0.15, 0.2) is 35.8 Å². The van der Waals surface area contributed by atoms with Gasteiger partial charge in [0, 0.05) is 28.2 Å². The van der Waals surface area contributed by atoms with Crippen LogP contribution in [-0.4, -0.2) is 28.4 Å². The first-order chi connectivity index (χ1) is 12.4. The molecule has 0 bridgehead atoms. The quantitative estimate of drug-likeness (QED) is 0.576. The highest BCUT2D eigenvalue weighted by Crippen LogP contribution is 2.28. The molecule has 2 aromatic heterocycles. The van der Waals surface area contributed by atoms with Gasteiger partial charge in [-0.1, -0.05) is 23.2 Å². The van der Waals surface area contributed by atoms with Crippen LogP contribution in [0.3, 0.4) is 0 Å². The van der Waals surface area contributed by atoms with Gasteiger partial charge in [-0.15, -0.1) is 11.3 Å². The van der Waals surface area contributed by atoms with Crippen molar-refractivity contribution in [2.75, 3.05) is 11.9 Å². The number of halogens is 2. The lowest BCUT2D eigenvalue weighted by Gasteiger charge is -2.07. The number of H-pyrrole nitrogens is 1. The first kappa shape index (κ1) is 18.2. The number of aromatic nitrogens is 2. The lowest BCUT2D eigenvalue weighted by atomic mass is 10.2. The van der Waals surface area contributed by atoms with Crippen LogP contribution in [0.25, 0.3) is 11.3 Å². The summed E-state index contributed by atoms with van der Waals surface area (Å²) in [6, 6.07) is 6.33. The molecule has 0 unspecified atom stereocenters. The molecule has 134 valence electrons.